The van der Waals surface area contributed by atoms with Crippen LogP contribution in [-0.4, -0.2) is 41.9 Å². The summed E-state index contributed by atoms with van der Waals surface area (Å²) >= 11 is 0. The van der Waals surface area contributed by atoms with Crippen molar-refractivity contribution in [3.05, 3.63) is 59.7 Å². The molecular formula is C20H16F2N2O4S. The first kappa shape index (κ1) is 19.4. The Balaban J connectivity index is 1.88. The predicted molar refractivity (Wildman–Crippen MR) is 102 cm³/mol. The highest BCUT2D eigenvalue weighted by Gasteiger charge is 2.28. The molecule has 1 saturated heterocycles. The Bertz CT molecular complexity index is 1240. The molecule has 3 aromatic rings. The van der Waals surface area contributed by atoms with Gasteiger partial charge in [0.05, 0.1) is 21.7 Å². The maximum Gasteiger partial charge on any atom is 0.336 e. The summed E-state index contributed by atoms with van der Waals surface area (Å²) in [6, 6.07) is 8.49. The number of halogens is 2. The smallest absolute Gasteiger partial charge is 0.336 e. The first-order chi connectivity index (χ1) is 13.8. The number of pyridine rings is 1. The summed E-state index contributed by atoms with van der Waals surface area (Å²) in [5, 5.41) is 9.79. The van der Waals surface area contributed by atoms with Gasteiger partial charge in [-0.25, -0.2) is 27.0 Å². The second-order valence-electron chi connectivity index (χ2n) is 6.78. The van der Waals surface area contributed by atoms with E-state index in [9.17, 15) is 27.1 Å². The van der Waals surface area contributed by atoms with Gasteiger partial charge in [-0.3, -0.25) is 0 Å². The Morgan fingerprint density at radius 3 is 2.38 bits per heavy atom. The number of hydrogen-bond acceptors (Lipinski definition) is 4. The van der Waals surface area contributed by atoms with E-state index in [0.29, 0.717) is 13.1 Å². The Morgan fingerprint density at radius 1 is 1.00 bits per heavy atom. The highest BCUT2D eigenvalue weighted by molar-refractivity contribution is 7.89. The third-order valence-electron chi connectivity index (χ3n) is 4.93. The number of aromatic nitrogens is 1. The van der Waals surface area contributed by atoms with Gasteiger partial charge in [-0.05, 0) is 55.3 Å². The SMILES string of the molecule is O=C(O)c1cc(-c2ccc(F)c(F)c2)nc2ccc(S(=O)(=O)N3CCCC3)cc12. The molecule has 0 aliphatic carbocycles. The molecule has 0 radical (unpaired) electrons. The summed E-state index contributed by atoms with van der Waals surface area (Å²) in [4.78, 5) is 16.1. The molecule has 0 saturated carbocycles. The van der Waals surface area contributed by atoms with Gasteiger partial charge in [0.1, 0.15) is 0 Å². The summed E-state index contributed by atoms with van der Waals surface area (Å²) in [7, 11) is -3.72. The highest BCUT2D eigenvalue weighted by atomic mass is 32.2. The monoisotopic (exact) mass is 418 g/mol. The zero-order valence-electron chi connectivity index (χ0n) is 15.1. The summed E-state index contributed by atoms with van der Waals surface area (Å²) in [6.45, 7) is 0.860. The van der Waals surface area contributed by atoms with E-state index in [1.807, 2.05) is 0 Å². The van der Waals surface area contributed by atoms with Gasteiger partial charge in [-0.2, -0.15) is 4.31 Å². The third-order valence-corrected chi connectivity index (χ3v) is 6.82. The first-order valence-corrected chi connectivity index (χ1v) is 10.3. The predicted octanol–water partition coefficient (Wildman–Crippen LogP) is 3.66. The van der Waals surface area contributed by atoms with Crippen LogP contribution in [0.4, 0.5) is 8.78 Å². The molecule has 9 heteroatoms. The molecule has 150 valence electrons. The molecule has 0 atom stereocenters. The zero-order chi connectivity index (χ0) is 20.8. The molecule has 2 aromatic carbocycles. The van der Waals surface area contributed by atoms with Crippen LogP contribution in [0.1, 0.15) is 23.2 Å². The van der Waals surface area contributed by atoms with Gasteiger partial charge in [0.15, 0.2) is 11.6 Å². The Kier molecular flexibility index (Phi) is 4.79. The van der Waals surface area contributed by atoms with Gasteiger partial charge in [0.25, 0.3) is 0 Å². The van der Waals surface area contributed by atoms with E-state index in [1.165, 1.54) is 34.6 Å². The quantitative estimate of drug-likeness (QED) is 0.699. The molecule has 29 heavy (non-hydrogen) atoms. The van der Waals surface area contributed by atoms with Crippen LogP contribution in [0.5, 0.6) is 0 Å². The van der Waals surface area contributed by atoms with Gasteiger partial charge in [0.2, 0.25) is 10.0 Å². The van der Waals surface area contributed by atoms with Gasteiger partial charge < -0.3 is 5.11 Å². The van der Waals surface area contributed by atoms with Crippen molar-refractivity contribution in [2.24, 2.45) is 0 Å². The molecule has 0 amide bonds. The maximum atomic E-state index is 13.6. The first-order valence-electron chi connectivity index (χ1n) is 8.91. The number of aromatic carboxylic acids is 1. The second kappa shape index (κ2) is 7.16. The van der Waals surface area contributed by atoms with E-state index in [4.69, 9.17) is 0 Å². The van der Waals surface area contributed by atoms with Crippen LogP contribution in [0.25, 0.3) is 22.2 Å². The van der Waals surface area contributed by atoms with E-state index in [-0.39, 0.29) is 32.6 Å². The standard InChI is InChI=1S/C20H16F2N2O4S/c21-16-5-3-12(9-17(16)22)19-11-15(20(25)26)14-10-13(4-6-18(14)23-19)29(27,28)24-7-1-2-8-24/h3-6,9-11H,1-2,7-8H2,(H,25,26). The number of sulfonamides is 1. The number of carbonyl (C=O) groups is 1. The Morgan fingerprint density at radius 2 is 1.72 bits per heavy atom. The zero-order valence-corrected chi connectivity index (χ0v) is 15.9. The topological polar surface area (TPSA) is 87.6 Å². The van der Waals surface area contributed by atoms with E-state index in [1.54, 1.807) is 0 Å². The largest absolute Gasteiger partial charge is 0.478 e. The average molecular weight is 418 g/mol. The van der Waals surface area contributed by atoms with Gasteiger partial charge in [0, 0.05) is 24.0 Å². The number of nitrogens with zero attached hydrogens (tertiary/aromatic N) is 2. The van der Waals surface area contributed by atoms with Gasteiger partial charge >= 0.3 is 5.97 Å². The molecule has 1 N–H and O–H groups in total. The number of benzene rings is 2. The lowest BCUT2D eigenvalue weighted by molar-refractivity contribution is 0.0699. The molecule has 1 aliphatic rings. The van der Waals surface area contributed by atoms with Crippen LogP contribution in [0.2, 0.25) is 0 Å². The summed E-state index contributed by atoms with van der Waals surface area (Å²) in [5.74, 6) is -3.38. The van der Waals surface area contributed by atoms with Crippen molar-refractivity contribution >= 4 is 26.9 Å². The number of carboxylic acid groups (broad SMARTS) is 1. The fourth-order valence-corrected chi connectivity index (χ4v) is 4.97. The number of fused-ring (bicyclic) bond motifs is 1. The van der Waals surface area contributed by atoms with Crippen molar-refractivity contribution in [1.82, 2.24) is 9.29 Å². The highest BCUT2D eigenvalue weighted by Crippen LogP contribution is 2.29. The Hall–Kier alpha value is -2.91. The molecule has 6 nitrogen and oxygen atoms in total. The van der Waals surface area contributed by atoms with Crippen molar-refractivity contribution < 1.29 is 27.1 Å². The van der Waals surface area contributed by atoms with E-state index in [2.05, 4.69) is 4.98 Å². The molecule has 0 bridgehead atoms. The van der Waals surface area contributed by atoms with Crippen molar-refractivity contribution in [2.75, 3.05) is 13.1 Å². The minimum atomic E-state index is -3.72. The molecule has 0 spiro atoms. The van der Waals surface area contributed by atoms with Crippen LogP contribution in [0, 0.1) is 11.6 Å². The van der Waals surface area contributed by atoms with Crippen LogP contribution < -0.4 is 0 Å². The fraction of sp³-hybridized carbons (Fsp3) is 0.200. The van der Waals surface area contributed by atoms with Gasteiger partial charge in [-0.15, -0.1) is 0 Å². The molecular weight excluding hydrogens is 402 g/mol. The molecule has 2 heterocycles. The minimum Gasteiger partial charge on any atom is -0.478 e. The van der Waals surface area contributed by atoms with Crippen molar-refractivity contribution in [2.45, 2.75) is 17.7 Å². The summed E-state index contributed by atoms with van der Waals surface area (Å²) < 4.78 is 53.8. The van der Waals surface area contributed by atoms with Crippen molar-refractivity contribution in [3.8, 4) is 11.3 Å². The lowest BCUT2D eigenvalue weighted by atomic mass is 10.0. The van der Waals surface area contributed by atoms with Crippen molar-refractivity contribution in [3.63, 3.8) is 0 Å². The summed E-state index contributed by atoms with van der Waals surface area (Å²) in [5.41, 5.74) is 0.421. The fourth-order valence-electron chi connectivity index (χ4n) is 3.42. The van der Waals surface area contributed by atoms with Crippen molar-refractivity contribution in [1.29, 1.82) is 0 Å². The molecule has 1 aliphatic heterocycles. The molecule has 0 unspecified atom stereocenters. The normalized spacial score (nSPS) is 15.1. The third kappa shape index (κ3) is 3.47. The van der Waals surface area contributed by atoms with Crippen LogP contribution in [0.15, 0.2) is 47.4 Å². The summed E-state index contributed by atoms with van der Waals surface area (Å²) in [6.07, 6.45) is 1.57. The lowest BCUT2D eigenvalue weighted by Crippen LogP contribution is -2.27. The Labute approximate surface area is 165 Å². The number of rotatable bonds is 4. The molecule has 4 rings (SSSR count). The number of hydrogen-bond donors (Lipinski definition) is 1. The lowest BCUT2D eigenvalue weighted by Gasteiger charge is -2.16. The average Bonchev–Trinajstić information content (AvgIpc) is 3.24. The van der Waals surface area contributed by atoms with Crippen LogP contribution in [-0.2, 0) is 10.0 Å². The van der Waals surface area contributed by atoms with Gasteiger partial charge in [-0.1, -0.05) is 0 Å². The van der Waals surface area contributed by atoms with Crippen LogP contribution >= 0.6 is 0 Å². The van der Waals surface area contributed by atoms with E-state index >= 15 is 0 Å². The van der Waals surface area contributed by atoms with E-state index in [0.717, 1.165) is 25.0 Å². The van der Waals surface area contributed by atoms with E-state index < -0.39 is 27.6 Å². The van der Waals surface area contributed by atoms with Crippen LogP contribution in [0.3, 0.4) is 0 Å². The second-order valence-corrected chi connectivity index (χ2v) is 8.72. The molecule has 1 fully saturated rings. The molecule has 1 aromatic heterocycles. The number of carboxylic acids is 1. The maximum absolute atomic E-state index is 13.6. The minimum absolute atomic E-state index is 0.00298.